The number of carbonyl (C=O) groups excluding carboxylic acids is 2. The Hall–Kier alpha value is -1.16. The SMILES string of the molecule is C=CCC1COC[C@@H](CC(=O)OC(C)(C)C)C1=O. The van der Waals surface area contributed by atoms with E-state index in [0.717, 1.165) is 0 Å². The number of ether oxygens (including phenoxy) is 2. The lowest BCUT2D eigenvalue weighted by molar-refractivity contribution is -0.160. The molecule has 0 aromatic rings. The van der Waals surface area contributed by atoms with Gasteiger partial charge in [0.2, 0.25) is 0 Å². The van der Waals surface area contributed by atoms with Crippen LogP contribution in [0.3, 0.4) is 0 Å². The second kappa shape index (κ2) is 6.14. The summed E-state index contributed by atoms with van der Waals surface area (Å²) in [6, 6.07) is 0. The molecule has 0 amide bonds. The van der Waals surface area contributed by atoms with Crippen molar-refractivity contribution in [2.24, 2.45) is 11.8 Å². The number of Topliss-reactive ketones (excluding diaryl/α,β-unsaturated/α-hetero) is 1. The lowest BCUT2D eigenvalue weighted by atomic mass is 9.87. The molecule has 0 aromatic carbocycles. The second-order valence-electron chi connectivity index (χ2n) is 5.65. The van der Waals surface area contributed by atoms with Crippen molar-refractivity contribution in [2.75, 3.05) is 13.2 Å². The third-order valence-electron chi connectivity index (χ3n) is 2.73. The van der Waals surface area contributed by atoms with E-state index in [9.17, 15) is 9.59 Å². The zero-order chi connectivity index (χ0) is 13.8. The molecule has 102 valence electrons. The van der Waals surface area contributed by atoms with Crippen LogP contribution >= 0.6 is 0 Å². The molecule has 0 radical (unpaired) electrons. The summed E-state index contributed by atoms with van der Waals surface area (Å²) in [5.74, 6) is -0.794. The van der Waals surface area contributed by atoms with E-state index >= 15 is 0 Å². The van der Waals surface area contributed by atoms with Crippen molar-refractivity contribution in [1.29, 1.82) is 0 Å². The lowest BCUT2D eigenvalue weighted by Gasteiger charge is -2.28. The molecule has 1 fully saturated rings. The van der Waals surface area contributed by atoms with Gasteiger partial charge in [0.25, 0.3) is 0 Å². The molecule has 0 bridgehead atoms. The van der Waals surface area contributed by atoms with Crippen molar-refractivity contribution >= 4 is 11.8 Å². The molecule has 0 N–H and O–H groups in total. The Morgan fingerprint density at radius 3 is 2.61 bits per heavy atom. The summed E-state index contributed by atoms with van der Waals surface area (Å²) < 4.78 is 10.6. The molecule has 1 rings (SSSR count). The van der Waals surface area contributed by atoms with Crippen molar-refractivity contribution in [3.63, 3.8) is 0 Å². The smallest absolute Gasteiger partial charge is 0.307 e. The Kier molecular flexibility index (Phi) is 5.08. The second-order valence-corrected chi connectivity index (χ2v) is 5.65. The lowest BCUT2D eigenvalue weighted by Crippen LogP contribution is -2.38. The van der Waals surface area contributed by atoms with Gasteiger partial charge in [-0.15, -0.1) is 6.58 Å². The topological polar surface area (TPSA) is 52.6 Å². The summed E-state index contributed by atoms with van der Waals surface area (Å²) >= 11 is 0. The minimum absolute atomic E-state index is 0.0898. The van der Waals surface area contributed by atoms with Crippen LogP contribution in [0.25, 0.3) is 0 Å². The van der Waals surface area contributed by atoms with E-state index in [0.29, 0.717) is 19.6 Å². The van der Waals surface area contributed by atoms with E-state index in [1.54, 1.807) is 6.08 Å². The largest absolute Gasteiger partial charge is 0.460 e. The van der Waals surface area contributed by atoms with Gasteiger partial charge in [-0.05, 0) is 27.2 Å². The van der Waals surface area contributed by atoms with Gasteiger partial charge in [0.15, 0.2) is 0 Å². The summed E-state index contributed by atoms with van der Waals surface area (Å²) in [6.45, 7) is 9.79. The zero-order valence-electron chi connectivity index (χ0n) is 11.4. The molecule has 18 heavy (non-hydrogen) atoms. The molecule has 0 aliphatic carbocycles. The van der Waals surface area contributed by atoms with E-state index in [-0.39, 0.29) is 30.0 Å². The van der Waals surface area contributed by atoms with Crippen LogP contribution in [0, 0.1) is 11.8 Å². The number of carbonyl (C=O) groups is 2. The normalized spacial score (nSPS) is 24.7. The molecule has 1 aliphatic rings. The first-order chi connectivity index (χ1) is 8.33. The molecule has 0 saturated carbocycles. The molecule has 1 heterocycles. The third kappa shape index (κ3) is 4.61. The predicted octanol–water partition coefficient (Wildman–Crippen LogP) is 2.13. The summed E-state index contributed by atoms with van der Waals surface area (Å²) in [6.07, 6.45) is 2.41. The van der Waals surface area contributed by atoms with Gasteiger partial charge < -0.3 is 9.47 Å². The van der Waals surface area contributed by atoms with Crippen molar-refractivity contribution in [1.82, 2.24) is 0 Å². The number of ketones is 1. The minimum atomic E-state index is -0.518. The van der Waals surface area contributed by atoms with Gasteiger partial charge in [-0.2, -0.15) is 0 Å². The summed E-state index contributed by atoms with van der Waals surface area (Å²) in [5, 5.41) is 0. The molecule has 0 aromatic heterocycles. The number of hydrogen-bond acceptors (Lipinski definition) is 4. The minimum Gasteiger partial charge on any atom is -0.460 e. The van der Waals surface area contributed by atoms with Gasteiger partial charge in [-0.1, -0.05) is 6.08 Å². The van der Waals surface area contributed by atoms with Gasteiger partial charge in [0, 0.05) is 5.92 Å². The number of allylic oxidation sites excluding steroid dienone is 1. The fourth-order valence-corrected chi connectivity index (χ4v) is 1.98. The van der Waals surface area contributed by atoms with E-state index < -0.39 is 5.60 Å². The molecule has 1 unspecified atom stereocenters. The van der Waals surface area contributed by atoms with E-state index in [2.05, 4.69) is 6.58 Å². The number of esters is 1. The number of rotatable bonds is 4. The summed E-state index contributed by atoms with van der Waals surface area (Å²) in [7, 11) is 0. The van der Waals surface area contributed by atoms with Gasteiger partial charge >= 0.3 is 5.97 Å². The molecule has 0 spiro atoms. The molecule has 4 heteroatoms. The molecule has 4 nitrogen and oxygen atoms in total. The highest BCUT2D eigenvalue weighted by Gasteiger charge is 2.33. The van der Waals surface area contributed by atoms with Crippen molar-refractivity contribution in [3.05, 3.63) is 12.7 Å². The van der Waals surface area contributed by atoms with Crippen molar-refractivity contribution in [3.8, 4) is 0 Å². The molecule has 2 atom stereocenters. The van der Waals surface area contributed by atoms with Crippen LogP contribution in [-0.4, -0.2) is 30.6 Å². The van der Waals surface area contributed by atoms with Gasteiger partial charge in [0.1, 0.15) is 11.4 Å². The van der Waals surface area contributed by atoms with E-state index in [4.69, 9.17) is 9.47 Å². The van der Waals surface area contributed by atoms with E-state index in [1.807, 2.05) is 20.8 Å². The predicted molar refractivity (Wildman–Crippen MR) is 68.1 cm³/mol. The maximum atomic E-state index is 12.1. The zero-order valence-corrected chi connectivity index (χ0v) is 11.4. The number of hydrogen-bond donors (Lipinski definition) is 0. The summed E-state index contributed by atoms with van der Waals surface area (Å²) in [5.41, 5.74) is -0.518. The molecular formula is C14H22O4. The van der Waals surface area contributed by atoms with Gasteiger partial charge in [-0.25, -0.2) is 0 Å². The average molecular weight is 254 g/mol. The van der Waals surface area contributed by atoms with E-state index in [1.165, 1.54) is 0 Å². The first-order valence-electron chi connectivity index (χ1n) is 6.27. The van der Waals surface area contributed by atoms with Crippen LogP contribution in [0.1, 0.15) is 33.6 Å². The Morgan fingerprint density at radius 1 is 1.44 bits per heavy atom. The highest BCUT2D eigenvalue weighted by Crippen LogP contribution is 2.22. The van der Waals surface area contributed by atoms with Crippen molar-refractivity contribution < 1.29 is 19.1 Å². The van der Waals surface area contributed by atoms with Gasteiger partial charge in [-0.3, -0.25) is 9.59 Å². The standard InChI is InChI=1S/C14H22O4/c1-5-6-10-8-17-9-11(13(10)16)7-12(15)18-14(2,3)4/h5,10-11H,1,6-9H2,2-4H3/t10?,11-/m1/s1. The fraction of sp³-hybridized carbons (Fsp3) is 0.714. The van der Waals surface area contributed by atoms with Gasteiger partial charge in [0.05, 0.1) is 25.6 Å². The quantitative estimate of drug-likeness (QED) is 0.569. The highest BCUT2D eigenvalue weighted by atomic mass is 16.6. The van der Waals surface area contributed by atoms with Crippen LogP contribution in [0.5, 0.6) is 0 Å². The Bertz CT molecular complexity index is 327. The Labute approximate surface area is 108 Å². The summed E-state index contributed by atoms with van der Waals surface area (Å²) in [4.78, 5) is 23.8. The fourth-order valence-electron chi connectivity index (χ4n) is 1.98. The maximum Gasteiger partial charge on any atom is 0.307 e. The molecule has 1 saturated heterocycles. The van der Waals surface area contributed by atoms with Crippen LogP contribution in [0.15, 0.2) is 12.7 Å². The van der Waals surface area contributed by atoms with Crippen LogP contribution in [0.4, 0.5) is 0 Å². The first kappa shape index (κ1) is 14.9. The molecule has 1 aliphatic heterocycles. The average Bonchev–Trinajstić information content (AvgIpc) is 2.21. The maximum absolute atomic E-state index is 12.1. The Balaban J connectivity index is 2.53. The Morgan fingerprint density at radius 2 is 2.06 bits per heavy atom. The molecular weight excluding hydrogens is 232 g/mol. The van der Waals surface area contributed by atoms with Crippen LogP contribution < -0.4 is 0 Å². The third-order valence-corrected chi connectivity index (χ3v) is 2.73. The van der Waals surface area contributed by atoms with Crippen LogP contribution in [-0.2, 0) is 19.1 Å². The van der Waals surface area contributed by atoms with Crippen molar-refractivity contribution in [2.45, 2.75) is 39.2 Å². The first-order valence-corrected chi connectivity index (χ1v) is 6.27. The highest BCUT2D eigenvalue weighted by molar-refractivity contribution is 5.88. The van der Waals surface area contributed by atoms with Crippen LogP contribution in [0.2, 0.25) is 0 Å². The monoisotopic (exact) mass is 254 g/mol.